The lowest BCUT2D eigenvalue weighted by molar-refractivity contribution is 0.195. The van der Waals surface area contributed by atoms with E-state index in [1.165, 1.54) is 5.57 Å². The fraction of sp³-hybridized carbons (Fsp3) is 0.667. The van der Waals surface area contributed by atoms with Gasteiger partial charge in [0.15, 0.2) is 0 Å². The molecular weight excluding hydrogens is 168 g/mol. The summed E-state index contributed by atoms with van der Waals surface area (Å²) in [5.74, 6) is 0. The number of hydrogen-bond acceptors (Lipinski definition) is 1. The summed E-state index contributed by atoms with van der Waals surface area (Å²) in [5.41, 5.74) is 1.17. The predicted octanol–water partition coefficient (Wildman–Crippen LogP) is 2.06. The Labute approximate surface area is 58.5 Å². The van der Waals surface area contributed by atoms with Crippen molar-refractivity contribution in [3.63, 3.8) is 0 Å². The van der Waals surface area contributed by atoms with E-state index in [1.54, 1.807) is 6.92 Å². The van der Waals surface area contributed by atoms with Crippen LogP contribution in [-0.4, -0.2) is 11.2 Å². The summed E-state index contributed by atoms with van der Waals surface area (Å²) in [6.45, 7) is 3.75. The fourth-order valence-corrected chi connectivity index (χ4v) is 0.697. The highest BCUT2D eigenvalue weighted by molar-refractivity contribution is 9.11. The summed E-state index contributed by atoms with van der Waals surface area (Å²) in [7, 11) is 0. The van der Waals surface area contributed by atoms with E-state index in [1.807, 2.05) is 11.9 Å². The van der Waals surface area contributed by atoms with Gasteiger partial charge in [-0.2, -0.15) is 0 Å². The van der Waals surface area contributed by atoms with Crippen LogP contribution in [0.4, 0.5) is 0 Å². The van der Waals surface area contributed by atoms with Crippen LogP contribution in [0.25, 0.3) is 0 Å². The van der Waals surface area contributed by atoms with Crippen molar-refractivity contribution >= 4 is 15.9 Å². The first kappa shape index (κ1) is 8.18. The lowest BCUT2D eigenvalue weighted by Crippen LogP contribution is -1.98. The van der Waals surface area contributed by atoms with Gasteiger partial charge in [0.05, 0.1) is 6.10 Å². The molecule has 1 atom stereocenters. The summed E-state index contributed by atoms with van der Waals surface area (Å²) in [6, 6.07) is 0. The van der Waals surface area contributed by atoms with Crippen LogP contribution in [0.1, 0.15) is 20.3 Å². The van der Waals surface area contributed by atoms with Crippen molar-refractivity contribution in [1.82, 2.24) is 0 Å². The highest BCUT2D eigenvalue weighted by Crippen LogP contribution is 2.05. The van der Waals surface area contributed by atoms with E-state index in [-0.39, 0.29) is 6.10 Å². The van der Waals surface area contributed by atoms with E-state index in [0.717, 1.165) is 6.42 Å². The predicted molar refractivity (Wildman–Crippen MR) is 39.0 cm³/mol. The summed E-state index contributed by atoms with van der Waals surface area (Å²) in [5, 5.41) is 8.79. The molecule has 0 fully saturated rings. The van der Waals surface area contributed by atoms with Gasteiger partial charge in [-0.3, -0.25) is 0 Å². The molecule has 1 nitrogen and oxygen atoms in total. The van der Waals surface area contributed by atoms with Crippen LogP contribution in [0.2, 0.25) is 0 Å². The van der Waals surface area contributed by atoms with Crippen molar-refractivity contribution in [3.05, 3.63) is 10.6 Å². The molecule has 0 aromatic heterocycles. The van der Waals surface area contributed by atoms with Crippen molar-refractivity contribution in [1.29, 1.82) is 0 Å². The Balaban J connectivity index is 3.39. The molecule has 0 bridgehead atoms. The van der Waals surface area contributed by atoms with Gasteiger partial charge in [0.25, 0.3) is 0 Å². The van der Waals surface area contributed by atoms with Crippen LogP contribution in [0, 0.1) is 0 Å². The molecule has 0 aliphatic heterocycles. The molecule has 0 heterocycles. The Morgan fingerprint density at radius 2 is 2.38 bits per heavy atom. The molecule has 48 valence electrons. The SMILES string of the molecule is C/C(=C\Br)CC(C)O. The Hall–Kier alpha value is 0.180. The first-order valence-corrected chi connectivity index (χ1v) is 3.52. The van der Waals surface area contributed by atoms with Crippen molar-refractivity contribution in [2.75, 3.05) is 0 Å². The van der Waals surface area contributed by atoms with Crippen molar-refractivity contribution in [3.8, 4) is 0 Å². The van der Waals surface area contributed by atoms with E-state index in [9.17, 15) is 0 Å². The molecule has 0 radical (unpaired) electrons. The monoisotopic (exact) mass is 178 g/mol. The number of aliphatic hydroxyl groups excluding tert-OH is 1. The molecule has 0 amide bonds. The maximum Gasteiger partial charge on any atom is 0.0549 e. The molecule has 0 rings (SSSR count). The van der Waals surface area contributed by atoms with Gasteiger partial charge in [-0.15, -0.1) is 0 Å². The normalized spacial score (nSPS) is 16.2. The first-order valence-electron chi connectivity index (χ1n) is 2.60. The molecule has 1 N–H and O–H groups in total. The van der Waals surface area contributed by atoms with Gasteiger partial charge in [0, 0.05) is 0 Å². The number of halogens is 1. The zero-order valence-electron chi connectivity index (χ0n) is 5.19. The molecule has 0 spiro atoms. The quantitative estimate of drug-likeness (QED) is 0.687. The van der Waals surface area contributed by atoms with Crippen LogP contribution >= 0.6 is 15.9 Å². The van der Waals surface area contributed by atoms with Crippen molar-refractivity contribution < 1.29 is 5.11 Å². The fourth-order valence-electron chi connectivity index (χ4n) is 0.511. The second-order valence-corrected chi connectivity index (χ2v) is 2.47. The van der Waals surface area contributed by atoms with E-state index in [2.05, 4.69) is 15.9 Å². The second-order valence-electron chi connectivity index (χ2n) is 2.01. The van der Waals surface area contributed by atoms with Gasteiger partial charge in [-0.25, -0.2) is 0 Å². The van der Waals surface area contributed by atoms with E-state index in [4.69, 9.17) is 5.11 Å². The zero-order chi connectivity index (χ0) is 6.57. The lowest BCUT2D eigenvalue weighted by atomic mass is 10.2. The summed E-state index contributed by atoms with van der Waals surface area (Å²) < 4.78 is 0. The van der Waals surface area contributed by atoms with Gasteiger partial charge in [0.2, 0.25) is 0 Å². The van der Waals surface area contributed by atoms with Gasteiger partial charge in [-0.05, 0) is 25.3 Å². The topological polar surface area (TPSA) is 20.2 Å². The van der Waals surface area contributed by atoms with Crippen molar-refractivity contribution in [2.24, 2.45) is 0 Å². The Morgan fingerprint density at radius 1 is 1.88 bits per heavy atom. The van der Waals surface area contributed by atoms with E-state index < -0.39 is 0 Å². The standard InChI is InChI=1S/C6H11BrO/c1-5(4-7)3-6(2)8/h4,6,8H,3H2,1-2H3/b5-4+. The van der Waals surface area contributed by atoms with Gasteiger partial charge in [0.1, 0.15) is 0 Å². The van der Waals surface area contributed by atoms with Crippen LogP contribution in [0.3, 0.4) is 0 Å². The molecule has 0 aromatic rings. The zero-order valence-corrected chi connectivity index (χ0v) is 6.77. The van der Waals surface area contributed by atoms with Crippen LogP contribution < -0.4 is 0 Å². The van der Waals surface area contributed by atoms with Crippen LogP contribution in [0.5, 0.6) is 0 Å². The Bertz CT molecular complexity index is 86.5. The summed E-state index contributed by atoms with van der Waals surface area (Å²) in [6.07, 6.45) is 0.537. The van der Waals surface area contributed by atoms with Crippen molar-refractivity contribution in [2.45, 2.75) is 26.4 Å². The molecule has 2 heteroatoms. The third kappa shape index (κ3) is 4.34. The highest BCUT2D eigenvalue weighted by Gasteiger charge is 1.94. The minimum atomic E-state index is -0.219. The molecule has 0 aromatic carbocycles. The number of rotatable bonds is 2. The number of hydrogen-bond donors (Lipinski definition) is 1. The highest BCUT2D eigenvalue weighted by atomic mass is 79.9. The minimum Gasteiger partial charge on any atom is -0.393 e. The van der Waals surface area contributed by atoms with E-state index in [0.29, 0.717) is 0 Å². The molecule has 8 heavy (non-hydrogen) atoms. The van der Waals surface area contributed by atoms with Gasteiger partial charge < -0.3 is 5.11 Å². The number of aliphatic hydroxyl groups is 1. The lowest BCUT2D eigenvalue weighted by Gasteiger charge is -2.00. The minimum absolute atomic E-state index is 0.219. The van der Waals surface area contributed by atoms with Gasteiger partial charge >= 0.3 is 0 Å². The van der Waals surface area contributed by atoms with Crippen LogP contribution in [-0.2, 0) is 0 Å². The summed E-state index contributed by atoms with van der Waals surface area (Å²) >= 11 is 3.17. The molecule has 0 aliphatic carbocycles. The third-order valence-corrected chi connectivity index (χ3v) is 1.59. The van der Waals surface area contributed by atoms with Gasteiger partial charge in [-0.1, -0.05) is 21.5 Å². The van der Waals surface area contributed by atoms with Crippen LogP contribution in [0.15, 0.2) is 10.6 Å². The maximum absolute atomic E-state index is 8.79. The molecular formula is C6H11BrO. The first-order chi connectivity index (χ1) is 3.66. The molecule has 0 saturated heterocycles. The Kier molecular flexibility index (Phi) is 4.19. The average molecular weight is 179 g/mol. The molecule has 1 unspecified atom stereocenters. The second kappa shape index (κ2) is 4.10. The smallest absolute Gasteiger partial charge is 0.0549 e. The summed E-state index contributed by atoms with van der Waals surface area (Å²) in [4.78, 5) is 1.83. The largest absolute Gasteiger partial charge is 0.393 e. The third-order valence-electron chi connectivity index (χ3n) is 0.804. The maximum atomic E-state index is 8.79. The average Bonchev–Trinajstić information content (AvgIpc) is 1.65. The van der Waals surface area contributed by atoms with E-state index >= 15 is 0 Å². The molecule has 0 aliphatic rings. The Morgan fingerprint density at radius 3 is 2.50 bits per heavy atom. The molecule has 0 saturated carbocycles.